The second-order valence-corrected chi connectivity index (χ2v) is 20.2. The molecular formula is C57H35NO2. The number of fused-ring (bicyclic) bond motifs is 2. The van der Waals surface area contributed by atoms with Crippen molar-refractivity contribution in [2.45, 2.75) is 37.6 Å². The van der Waals surface area contributed by atoms with E-state index in [1.54, 1.807) is 137 Å². The summed E-state index contributed by atoms with van der Waals surface area (Å²) in [6.45, 7) is 6.25. The number of hydrogen-bond donors (Lipinski definition) is 0. The van der Waals surface area contributed by atoms with Crippen molar-refractivity contribution in [3.63, 3.8) is 0 Å². The molecule has 280 valence electrons. The van der Waals surface area contributed by atoms with Crippen molar-refractivity contribution in [3.05, 3.63) is 105 Å². The van der Waals surface area contributed by atoms with Gasteiger partial charge in [-0.1, -0.05) is 59.7 Å². The number of likely N-dealkylation sites (tertiary alicyclic amines) is 1. The van der Waals surface area contributed by atoms with Gasteiger partial charge in [-0.25, -0.2) is 0 Å². The maximum Gasteiger partial charge on any atom is 0.0700 e. The molecular weight excluding hydrogens is 731 g/mol. The van der Waals surface area contributed by atoms with Crippen LogP contribution in [0.5, 0.6) is 0 Å². The molecule has 1 fully saturated rings. The average molecular weight is 766 g/mol. The number of benzene rings is 10. The Morgan fingerprint density at radius 1 is 0.583 bits per heavy atom. The Bertz CT molecular complexity index is 4460. The molecule has 0 amide bonds. The van der Waals surface area contributed by atoms with Gasteiger partial charge in [0.25, 0.3) is 0 Å². The minimum Gasteiger partial charge on any atom is -0.382 e. The average Bonchev–Trinajstić information content (AvgIpc) is 4.11. The molecule has 1 aliphatic heterocycles. The summed E-state index contributed by atoms with van der Waals surface area (Å²) in [5.74, 6) is 0.415. The lowest BCUT2D eigenvalue weighted by Crippen LogP contribution is -2.44. The largest absolute Gasteiger partial charge is 0.382 e. The fourth-order valence-corrected chi connectivity index (χ4v) is 16.9. The topological polar surface area (TPSA) is 21.7 Å². The van der Waals surface area contributed by atoms with E-state index in [0.29, 0.717) is 25.7 Å². The predicted octanol–water partition coefficient (Wildman–Crippen LogP) is 11.2. The van der Waals surface area contributed by atoms with E-state index in [1.165, 1.54) is 48.8 Å². The predicted molar refractivity (Wildman–Crippen MR) is 249 cm³/mol. The monoisotopic (exact) mass is 765 g/mol. The van der Waals surface area contributed by atoms with Crippen LogP contribution in [0.1, 0.15) is 40.3 Å². The quantitative estimate of drug-likeness (QED) is 0.119. The maximum absolute atomic E-state index is 6.37. The Morgan fingerprint density at radius 2 is 1.22 bits per heavy atom. The minimum absolute atomic E-state index is 0.0932. The summed E-state index contributed by atoms with van der Waals surface area (Å²) >= 11 is 0. The van der Waals surface area contributed by atoms with Crippen LogP contribution in [-0.4, -0.2) is 44.9 Å². The van der Waals surface area contributed by atoms with Gasteiger partial charge in [0.2, 0.25) is 0 Å². The van der Waals surface area contributed by atoms with Crippen molar-refractivity contribution in [2.24, 2.45) is 5.92 Å². The third-order valence-electron chi connectivity index (χ3n) is 18.3. The van der Waals surface area contributed by atoms with Crippen LogP contribution in [-0.2, 0) is 27.7 Å². The zero-order valence-corrected chi connectivity index (χ0v) is 33.4. The standard InChI is InChI=1S/C57H35NO2/c1-22-5-3-7-31-30(22)6-4-8-32(31)56-57-20-29-18-27-16-24-13-23-14-26-15-25-17-28-19-33(34(57)21-58(56)9-10-60-12-11-59-2)42-47-38(28)37(25)44-39(26)43-35(23)36(24)45-40(27)46-41(29)55(57)54(42)53-51(46)49(45)48(43)50(44)52(47)53/h3-8,13-16,18,34,56H,9-12,17,19-21H2,1-2H3. The van der Waals surface area contributed by atoms with E-state index in [4.69, 9.17) is 9.47 Å². The fourth-order valence-electron chi connectivity index (χ4n) is 16.9. The molecule has 14 aromatic rings. The lowest BCUT2D eigenvalue weighted by atomic mass is 9.59. The first-order valence-corrected chi connectivity index (χ1v) is 22.5. The Labute approximate surface area is 342 Å². The summed E-state index contributed by atoms with van der Waals surface area (Å²) in [7, 11) is 1.77. The molecule has 0 saturated carbocycles. The normalized spacial score (nSPS) is 22.6. The van der Waals surface area contributed by atoms with Crippen LogP contribution in [0, 0.1) is 12.8 Å². The van der Waals surface area contributed by atoms with Crippen LogP contribution in [0.4, 0.5) is 0 Å². The highest BCUT2D eigenvalue weighted by Gasteiger charge is 2.62. The number of methoxy groups -OCH3 is 1. The van der Waals surface area contributed by atoms with E-state index >= 15 is 0 Å². The molecule has 1 heterocycles. The van der Waals surface area contributed by atoms with Crippen LogP contribution in [0.2, 0.25) is 0 Å². The molecule has 1 saturated heterocycles. The van der Waals surface area contributed by atoms with Gasteiger partial charge < -0.3 is 9.47 Å². The van der Waals surface area contributed by atoms with Crippen molar-refractivity contribution >= 4 is 140 Å². The summed E-state index contributed by atoms with van der Waals surface area (Å²) in [6.07, 6.45) is 3.29. The molecule has 1 spiro atoms. The number of aryl methyl sites for hydroxylation is 1. The van der Waals surface area contributed by atoms with Gasteiger partial charge in [-0.05, 0) is 212 Å². The third-order valence-corrected chi connectivity index (χ3v) is 18.3. The van der Waals surface area contributed by atoms with E-state index in [9.17, 15) is 0 Å². The van der Waals surface area contributed by atoms with Crippen molar-refractivity contribution in [1.29, 1.82) is 0 Å². The highest BCUT2D eigenvalue weighted by Crippen LogP contribution is 2.70. The Kier molecular flexibility index (Phi) is 4.25. The van der Waals surface area contributed by atoms with Gasteiger partial charge in [0.05, 0.1) is 19.8 Å². The van der Waals surface area contributed by atoms with E-state index < -0.39 is 0 Å². The lowest BCUT2D eigenvalue weighted by molar-refractivity contribution is 0.0526. The molecule has 3 heteroatoms. The Balaban J connectivity index is 1.08. The minimum atomic E-state index is -0.0932. The third kappa shape index (κ3) is 2.53. The molecule has 5 aliphatic rings. The molecule has 0 bridgehead atoms. The molecule has 3 nitrogen and oxygen atoms in total. The smallest absolute Gasteiger partial charge is 0.0700 e. The Morgan fingerprint density at radius 3 is 2.00 bits per heavy atom. The second kappa shape index (κ2) is 8.67. The molecule has 60 heavy (non-hydrogen) atoms. The first-order valence-electron chi connectivity index (χ1n) is 22.5. The number of rotatable bonds is 7. The molecule has 19 rings (SSSR count). The van der Waals surface area contributed by atoms with Gasteiger partial charge >= 0.3 is 0 Å². The molecule has 0 aromatic heterocycles. The fraction of sp³-hybridized carbons (Fsp3) is 0.228. The van der Waals surface area contributed by atoms with Crippen LogP contribution in [0.25, 0.3) is 140 Å². The zero-order valence-electron chi connectivity index (χ0n) is 33.4. The Hall–Kier alpha value is -5.84. The summed E-state index contributed by atoms with van der Waals surface area (Å²) in [6, 6.07) is 27.6. The highest BCUT2D eigenvalue weighted by atomic mass is 16.5. The maximum atomic E-state index is 6.37. The second-order valence-electron chi connectivity index (χ2n) is 20.2. The van der Waals surface area contributed by atoms with Gasteiger partial charge in [-0.3, -0.25) is 4.90 Å². The molecule has 3 unspecified atom stereocenters. The van der Waals surface area contributed by atoms with Crippen LogP contribution < -0.4 is 10.4 Å². The van der Waals surface area contributed by atoms with Gasteiger partial charge in [0.15, 0.2) is 0 Å². The van der Waals surface area contributed by atoms with E-state index in [2.05, 4.69) is 78.6 Å². The van der Waals surface area contributed by atoms with E-state index in [1.807, 2.05) is 0 Å². The van der Waals surface area contributed by atoms with Crippen molar-refractivity contribution in [2.75, 3.05) is 40.0 Å². The van der Waals surface area contributed by atoms with E-state index in [-0.39, 0.29) is 11.5 Å². The molecule has 14 aromatic carbocycles. The number of nitrogens with zero attached hydrogens (tertiary/aromatic N) is 1. The molecule has 4 aliphatic carbocycles. The molecule has 3 atom stereocenters. The van der Waals surface area contributed by atoms with Gasteiger partial charge in [0.1, 0.15) is 0 Å². The van der Waals surface area contributed by atoms with Crippen LogP contribution in [0.15, 0.2) is 66.7 Å². The van der Waals surface area contributed by atoms with Gasteiger partial charge in [0, 0.05) is 37.6 Å². The highest BCUT2D eigenvalue weighted by molar-refractivity contribution is 6.63. The summed E-state index contributed by atoms with van der Waals surface area (Å²) < 4.78 is 11.8. The van der Waals surface area contributed by atoms with Crippen LogP contribution in [0.3, 0.4) is 0 Å². The lowest BCUT2D eigenvalue weighted by Gasteiger charge is -2.43. The van der Waals surface area contributed by atoms with Crippen LogP contribution >= 0.6 is 0 Å². The van der Waals surface area contributed by atoms with Gasteiger partial charge in [-0.15, -0.1) is 0 Å². The molecule has 0 N–H and O–H groups in total. The molecule has 0 radical (unpaired) electrons. The zero-order chi connectivity index (χ0) is 38.1. The van der Waals surface area contributed by atoms with E-state index in [0.717, 1.165) is 32.4 Å². The summed E-state index contributed by atoms with van der Waals surface area (Å²) in [4.78, 5) is 2.91. The summed E-state index contributed by atoms with van der Waals surface area (Å²) in [5.41, 5.74) is 11.1. The first-order chi connectivity index (χ1) is 29.7. The van der Waals surface area contributed by atoms with Gasteiger partial charge in [-0.2, -0.15) is 0 Å². The number of hydrogen-bond acceptors (Lipinski definition) is 3. The first kappa shape index (κ1) is 29.4. The van der Waals surface area contributed by atoms with Crippen molar-refractivity contribution in [3.8, 4) is 0 Å². The summed E-state index contributed by atoms with van der Waals surface area (Å²) in [5, 5.41) is 40.8. The number of ether oxygens (including phenoxy) is 2. The van der Waals surface area contributed by atoms with Crippen molar-refractivity contribution in [1.82, 2.24) is 4.90 Å². The van der Waals surface area contributed by atoms with Crippen molar-refractivity contribution < 1.29 is 9.47 Å². The SMILES string of the molecule is COCCOCCN1CC2C3=c4c5c6c7c(cc8cc9cc%10cc%11cc%12c%13c(c4c4c5c5c7c8c7c9c%10c8c%11c%13c4c8c75)=C(C3)C%12)CC62C1c1cccc2c(C)cccc12.